The van der Waals surface area contributed by atoms with Crippen molar-refractivity contribution in [2.24, 2.45) is 5.92 Å². The average Bonchev–Trinajstić information content (AvgIpc) is 2.65. The van der Waals surface area contributed by atoms with Crippen LogP contribution >= 0.6 is 11.6 Å². The number of rotatable bonds is 9. The van der Waals surface area contributed by atoms with Crippen LogP contribution in [-0.4, -0.2) is 28.0 Å². The normalized spacial score (nSPS) is 11.4. The number of nitrogens with one attached hydrogen (secondary N) is 2. The van der Waals surface area contributed by atoms with Crippen LogP contribution in [0.25, 0.3) is 0 Å². The highest BCUT2D eigenvalue weighted by atomic mass is 35.5. The van der Waals surface area contributed by atoms with Crippen LogP contribution in [0.2, 0.25) is 5.02 Å². The second-order valence-electron chi connectivity index (χ2n) is 6.53. The zero-order valence-electron chi connectivity index (χ0n) is 16.2. The van der Waals surface area contributed by atoms with Gasteiger partial charge < -0.3 is 9.47 Å². The molecule has 2 aromatic rings. The average molecular weight is 445 g/mol. The smallest absolute Gasteiger partial charge is 0.266 e. The Hall–Kier alpha value is -2.36. The van der Waals surface area contributed by atoms with Gasteiger partial charge in [0.05, 0.1) is 18.7 Å². The minimum atomic E-state index is -4.19. The summed E-state index contributed by atoms with van der Waals surface area (Å²) in [6.45, 7) is 4.65. The molecular weight excluding hydrogens is 423 g/mol. The van der Waals surface area contributed by atoms with E-state index < -0.39 is 21.7 Å². The van der Waals surface area contributed by atoms with Crippen LogP contribution in [0.4, 0.5) is 4.39 Å². The maximum Gasteiger partial charge on any atom is 0.266 e. The van der Waals surface area contributed by atoms with E-state index >= 15 is 0 Å². The van der Waals surface area contributed by atoms with Crippen LogP contribution in [0.15, 0.2) is 41.3 Å². The first-order chi connectivity index (χ1) is 13.6. The molecule has 0 saturated heterocycles. The van der Waals surface area contributed by atoms with Gasteiger partial charge in [-0.25, -0.2) is 12.8 Å². The summed E-state index contributed by atoms with van der Waals surface area (Å²) in [6, 6.07) is 7.28. The molecule has 2 N–H and O–H groups in total. The summed E-state index contributed by atoms with van der Waals surface area (Å²) < 4.78 is 48.5. The summed E-state index contributed by atoms with van der Waals surface area (Å²) in [7, 11) is -2.76. The van der Waals surface area contributed by atoms with E-state index in [0.717, 1.165) is 24.6 Å². The summed E-state index contributed by atoms with van der Waals surface area (Å²) in [5, 5.41) is -0.309. The highest BCUT2D eigenvalue weighted by Crippen LogP contribution is 2.28. The Kier molecular flexibility index (Phi) is 7.83. The number of amides is 1. The molecule has 0 aliphatic rings. The SMILES string of the molecule is COc1cc(C(=O)NNS(=O)(=O)c2ccc(F)cc2Cl)ccc1OCCC(C)C. The lowest BCUT2D eigenvalue weighted by Gasteiger charge is -2.13. The van der Waals surface area contributed by atoms with Crippen molar-refractivity contribution in [1.29, 1.82) is 0 Å². The molecule has 29 heavy (non-hydrogen) atoms. The number of halogens is 2. The Balaban J connectivity index is 2.08. The van der Waals surface area contributed by atoms with Gasteiger partial charge in [0.15, 0.2) is 11.5 Å². The Morgan fingerprint density at radius 1 is 1.17 bits per heavy atom. The Morgan fingerprint density at radius 2 is 1.90 bits per heavy atom. The Labute approximate surface area is 174 Å². The van der Waals surface area contributed by atoms with E-state index in [1.165, 1.54) is 19.2 Å². The van der Waals surface area contributed by atoms with E-state index in [-0.39, 0.29) is 15.5 Å². The fourth-order valence-corrected chi connectivity index (χ4v) is 3.64. The molecule has 0 atom stereocenters. The third kappa shape index (κ3) is 6.31. The lowest BCUT2D eigenvalue weighted by molar-refractivity contribution is 0.0944. The molecule has 0 saturated carbocycles. The molecule has 0 aliphatic carbocycles. The molecule has 158 valence electrons. The van der Waals surface area contributed by atoms with Gasteiger partial charge in [-0.2, -0.15) is 0 Å². The van der Waals surface area contributed by atoms with Crippen molar-refractivity contribution in [2.45, 2.75) is 25.2 Å². The number of methoxy groups -OCH3 is 1. The van der Waals surface area contributed by atoms with Gasteiger partial charge in [-0.15, -0.1) is 4.83 Å². The van der Waals surface area contributed by atoms with Crippen LogP contribution < -0.4 is 19.7 Å². The molecule has 0 aromatic heterocycles. The number of sulfonamides is 1. The number of benzene rings is 2. The van der Waals surface area contributed by atoms with Crippen molar-refractivity contribution >= 4 is 27.5 Å². The summed E-state index contributed by atoms with van der Waals surface area (Å²) in [6.07, 6.45) is 0.860. The summed E-state index contributed by atoms with van der Waals surface area (Å²) in [5.41, 5.74) is 2.23. The third-order valence-corrected chi connectivity index (χ3v) is 5.59. The van der Waals surface area contributed by atoms with E-state index in [1.54, 1.807) is 6.07 Å². The fourth-order valence-electron chi connectivity index (χ4n) is 2.27. The number of hydrazine groups is 1. The first kappa shape index (κ1) is 22.9. The maximum atomic E-state index is 13.1. The van der Waals surface area contributed by atoms with E-state index in [2.05, 4.69) is 19.3 Å². The molecule has 7 nitrogen and oxygen atoms in total. The molecule has 1 amide bonds. The van der Waals surface area contributed by atoms with Crippen LogP contribution in [0, 0.1) is 11.7 Å². The van der Waals surface area contributed by atoms with Gasteiger partial charge in [0.1, 0.15) is 10.7 Å². The molecular formula is C19H22ClFN2O5S. The standard InChI is InChI=1S/C19H22ClFN2O5S/c1-12(2)8-9-28-16-6-4-13(10-17(16)27-3)19(24)22-23-29(25,26)18-7-5-14(21)11-15(18)20/h4-7,10-12,23H,8-9H2,1-3H3,(H,22,24). The number of hydrogen-bond donors (Lipinski definition) is 2. The van der Waals surface area contributed by atoms with Gasteiger partial charge in [-0.05, 0) is 48.7 Å². The van der Waals surface area contributed by atoms with Crippen molar-refractivity contribution in [3.63, 3.8) is 0 Å². The first-order valence-corrected chi connectivity index (χ1v) is 10.6. The molecule has 0 radical (unpaired) electrons. The van der Waals surface area contributed by atoms with E-state index in [4.69, 9.17) is 21.1 Å². The summed E-state index contributed by atoms with van der Waals surface area (Å²) >= 11 is 5.76. The second kappa shape index (κ2) is 9.91. The number of hydrogen-bond acceptors (Lipinski definition) is 5. The maximum absolute atomic E-state index is 13.1. The van der Waals surface area contributed by atoms with Crippen LogP contribution in [0.3, 0.4) is 0 Å². The molecule has 0 bridgehead atoms. The quantitative estimate of drug-likeness (QED) is 0.577. The van der Waals surface area contributed by atoms with Crippen molar-refractivity contribution in [2.75, 3.05) is 13.7 Å². The fraction of sp³-hybridized carbons (Fsp3) is 0.316. The van der Waals surface area contributed by atoms with E-state index in [0.29, 0.717) is 24.0 Å². The zero-order valence-corrected chi connectivity index (χ0v) is 17.7. The highest BCUT2D eigenvalue weighted by molar-refractivity contribution is 7.89. The molecule has 10 heteroatoms. The molecule has 0 fully saturated rings. The largest absolute Gasteiger partial charge is 0.493 e. The summed E-state index contributed by atoms with van der Waals surface area (Å²) in [4.78, 5) is 13.9. The van der Waals surface area contributed by atoms with Gasteiger partial charge >= 0.3 is 0 Å². The van der Waals surface area contributed by atoms with Crippen molar-refractivity contribution in [3.8, 4) is 11.5 Å². The molecule has 2 aromatic carbocycles. The third-order valence-electron chi connectivity index (χ3n) is 3.86. The van der Waals surface area contributed by atoms with Gasteiger partial charge in [-0.1, -0.05) is 25.4 Å². The monoisotopic (exact) mass is 444 g/mol. The zero-order chi connectivity index (χ0) is 21.6. The van der Waals surface area contributed by atoms with Crippen molar-refractivity contribution in [3.05, 3.63) is 52.8 Å². The Morgan fingerprint density at radius 3 is 2.52 bits per heavy atom. The second-order valence-corrected chi connectivity index (χ2v) is 8.59. The van der Waals surface area contributed by atoms with Crippen LogP contribution in [0.5, 0.6) is 11.5 Å². The molecule has 0 spiro atoms. The lowest BCUT2D eigenvalue weighted by Crippen LogP contribution is -2.41. The predicted molar refractivity (Wildman–Crippen MR) is 107 cm³/mol. The van der Waals surface area contributed by atoms with Gasteiger partial charge in [-0.3, -0.25) is 10.2 Å². The van der Waals surface area contributed by atoms with E-state index in [1.807, 2.05) is 4.83 Å². The van der Waals surface area contributed by atoms with E-state index in [9.17, 15) is 17.6 Å². The number of ether oxygens (including phenoxy) is 2. The van der Waals surface area contributed by atoms with Crippen LogP contribution in [0.1, 0.15) is 30.6 Å². The minimum Gasteiger partial charge on any atom is -0.493 e. The summed E-state index contributed by atoms with van der Waals surface area (Å²) in [5.74, 6) is -0.109. The molecule has 0 unspecified atom stereocenters. The van der Waals surface area contributed by atoms with Gasteiger partial charge in [0.25, 0.3) is 15.9 Å². The number of carbonyl (C=O) groups is 1. The van der Waals surface area contributed by atoms with Crippen molar-refractivity contribution < 1.29 is 27.1 Å². The molecule has 0 heterocycles. The predicted octanol–water partition coefficient (Wildman–Crippen LogP) is 3.54. The van der Waals surface area contributed by atoms with Crippen LogP contribution in [-0.2, 0) is 10.0 Å². The van der Waals surface area contributed by atoms with Crippen molar-refractivity contribution in [1.82, 2.24) is 10.3 Å². The van der Waals surface area contributed by atoms with Gasteiger partial charge in [0, 0.05) is 5.56 Å². The highest BCUT2D eigenvalue weighted by Gasteiger charge is 2.20. The van der Waals surface area contributed by atoms with Gasteiger partial charge in [0.2, 0.25) is 0 Å². The first-order valence-electron chi connectivity index (χ1n) is 8.72. The molecule has 2 rings (SSSR count). The minimum absolute atomic E-state index is 0.144. The lowest BCUT2D eigenvalue weighted by atomic mass is 10.1. The molecule has 0 aliphatic heterocycles. The number of carbonyl (C=O) groups excluding carboxylic acids is 1. The Bertz CT molecular complexity index is 983. The topological polar surface area (TPSA) is 93.7 Å².